The van der Waals surface area contributed by atoms with Crippen LogP contribution < -0.4 is 14.8 Å². The van der Waals surface area contributed by atoms with E-state index in [0.717, 1.165) is 37.1 Å². The highest BCUT2D eigenvalue weighted by Crippen LogP contribution is 2.25. The predicted molar refractivity (Wildman–Crippen MR) is 104 cm³/mol. The zero-order chi connectivity index (χ0) is 18.6. The Labute approximate surface area is 159 Å². The monoisotopic (exact) mass is 394 g/mol. The van der Waals surface area contributed by atoms with Crippen molar-refractivity contribution >= 4 is 27.3 Å². The van der Waals surface area contributed by atoms with E-state index in [9.17, 15) is 8.42 Å². The maximum absolute atomic E-state index is 12.7. The Morgan fingerprint density at radius 3 is 2.19 bits per heavy atom. The molecule has 2 atom stereocenters. The molecule has 1 aliphatic carbocycles. The Bertz CT molecular complexity index is 823. The molecule has 1 fully saturated rings. The molecule has 26 heavy (non-hydrogen) atoms. The molecule has 0 saturated heterocycles. The van der Waals surface area contributed by atoms with Crippen molar-refractivity contribution in [2.75, 3.05) is 12.4 Å². The van der Waals surface area contributed by atoms with Crippen LogP contribution in [0.5, 0.6) is 5.75 Å². The van der Waals surface area contributed by atoms with Gasteiger partial charge in [-0.05, 0) is 61.4 Å². The van der Waals surface area contributed by atoms with E-state index >= 15 is 0 Å². The second kappa shape index (κ2) is 8.29. The number of rotatable bonds is 6. The molecule has 0 aliphatic heterocycles. The molecule has 1 aliphatic rings. The summed E-state index contributed by atoms with van der Waals surface area (Å²) >= 11 is 5.85. The topological polar surface area (TPSA) is 67.4 Å². The Morgan fingerprint density at radius 2 is 1.58 bits per heavy atom. The largest absolute Gasteiger partial charge is 0.497 e. The van der Waals surface area contributed by atoms with Crippen molar-refractivity contribution in [2.45, 2.75) is 42.7 Å². The first kappa shape index (κ1) is 19.0. The lowest BCUT2D eigenvalue weighted by Gasteiger charge is -2.33. The van der Waals surface area contributed by atoms with Gasteiger partial charge in [0.1, 0.15) is 5.75 Å². The molecule has 140 valence electrons. The number of ether oxygens (including phenoxy) is 1. The Balaban J connectivity index is 1.72. The molecule has 5 nitrogen and oxygen atoms in total. The SMILES string of the molecule is COc1ccc(N[C@H]2CCCC[C@@H]2NS(=O)(=O)c2ccc(Cl)cc2)cc1. The molecule has 2 aromatic carbocycles. The van der Waals surface area contributed by atoms with Gasteiger partial charge in [0.05, 0.1) is 12.0 Å². The summed E-state index contributed by atoms with van der Waals surface area (Å²) in [7, 11) is -1.95. The molecule has 0 spiro atoms. The molecule has 1 saturated carbocycles. The number of hydrogen-bond donors (Lipinski definition) is 2. The lowest BCUT2D eigenvalue weighted by molar-refractivity contribution is 0.378. The summed E-state index contributed by atoms with van der Waals surface area (Å²) in [5.74, 6) is 0.791. The van der Waals surface area contributed by atoms with Crippen LogP contribution in [-0.2, 0) is 10.0 Å². The van der Waals surface area contributed by atoms with E-state index in [2.05, 4.69) is 10.0 Å². The summed E-state index contributed by atoms with van der Waals surface area (Å²) in [6.07, 6.45) is 3.81. The fourth-order valence-electron chi connectivity index (χ4n) is 3.23. The van der Waals surface area contributed by atoms with Gasteiger partial charge in [-0.2, -0.15) is 0 Å². The minimum absolute atomic E-state index is 0.0409. The van der Waals surface area contributed by atoms with Gasteiger partial charge in [-0.15, -0.1) is 0 Å². The Hall–Kier alpha value is -1.76. The van der Waals surface area contributed by atoms with E-state index in [-0.39, 0.29) is 17.0 Å². The standard InChI is InChI=1S/C19H23ClN2O3S/c1-25-16-10-8-15(9-11-16)21-18-4-2-3-5-19(18)22-26(23,24)17-12-6-14(20)7-13-17/h6-13,18-19,21-22H,2-5H2,1H3/t18-,19-/m0/s1. The van der Waals surface area contributed by atoms with E-state index in [0.29, 0.717) is 5.02 Å². The average Bonchev–Trinajstić information content (AvgIpc) is 2.64. The highest BCUT2D eigenvalue weighted by Gasteiger charge is 2.29. The van der Waals surface area contributed by atoms with Gasteiger partial charge < -0.3 is 10.1 Å². The number of halogens is 1. The van der Waals surface area contributed by atoms with Gasteiger partial charge in [-0.3, -0.25) is 0 Å². The first-order valence-electron chi connectivity index (χ1n) is 8.66. The molecule has 2 aromatic rings. The quantitative estimate of drug-likeness (QED) is 0.775. The van der Waals surface area contributed by atoms with E-state index < -0.39 is 10.0 Å². The second-order valence-corrected chi connectivity index (χ2v) is 8.60. The third-order valence-corrected chi connectivity index (χ3v) is 6.40. The molecule has 0 bridgehead atoms. The lowest BCUT2D eigenvalue weighted by Crippen LogP contribution is -2.48. The molecule has 0 heterocycles. The van der Waals surface area contributed by atoms with Crippen molar-refractivity contribution in [1.82, 2.24) is 4.72 Å². The lowest BCUT2D eigenvalue weighted by atomic mass is 9.91. The number of sulfonamides is 1. The molecule has 3 rings (SSSR count). The fraction of sp³-hybridized carbons (Fsp3) is 0.368. The molecule has 0 aromatic heterocycles. The van der Waals surface area contributed by atoms with Gasteiger partial charge in [0.2, 0.25) is 10.0 Å². The zero-order valence-electron chi connectivity index (χ0n) is 14.6. The summed E-state index contributed by atoms with van der Waals surface area (Å²) < 4.78 is 33.4. The highest BCUT2D eigenvalue weighted by atomic mass is 35.5. The van der Waals surface area contributed by atoms with Gasteiger partial charge in [0.15, 0.2) is 0 Å². The van der Waals surface area contributed by atoms with Crippen LogP contribution in [0.15, 0.2) is 53.4 Å². The third kappa shape index (κ3) is 4.69. The van der Waals surface area contributed by atoms with Crippen molar-refractivity contribution in [3.8, 4) is 5.75 Å². The number of nitrogens with one attached hydrogen (secondary N) is 2. The van der Waals surface area contributed by atoms with Gasteiger partial charge in [0.25, 0.3) is 0 Å². The van der Waals surface area contributed by atoms with E-state index in [4.69, 9.17) is 16.3 Å². The first-order chi connectivity index (χ1) is 12.5. The third-order valence-electron chi connectivity index (χ3n) is 4.64. The van der Waals surface area contributed by atoms with Crippen LogP contribution in [0.4, 0.5) is 5.69 Å². The summed E-state index contributed by atoms with van der Waals surface area (Å²) in [4.78, 5) is 0.232. The van der Waals surface area contributed by atoms with Crippen molar-refractivity contribution in [1.29, 1.82) is 0 Å². The first-order valence-corrected chi connectivity index (χ1v) is 10.5. The van der Waals surface area contributed by atoms with E-state index in [1.54, 1.807) is 19.2 Å². The summed E-state index contributed by atoms with van der Waals surface area (Å²) in [6, 6.07) is 13.8. The molecule has 0 radical (unpaired) electrons. The van der Waals surface area contributed by atoms with E-state index in [1.165, 1.54) is 12.1 Å². The number of anilines is 1. The normalized spacial score (nSPS) is 20.5. The maximum Gasteiger partial charge on any atom is 0.240 e. The van der Waals surface area contributed by atoms with Crippen molar-refractivity contribution in [2.24, 2.45) is 0 Å². The zero-order valence-corrected chi connectivity index (χ0v) is 16.2. The Kier molecular flexibility index (Phi) is 6.06. The van der Waals surface area contributed by atoms with Crippen LogP contribution in [0.1, 0.15) is 25.7 Å². The molecular formula is C19H23ClN2O3S. The molecular weight excluding hydrogens is 372 g/mol. The molecule has 0 amide bonds. The van der Waals surface area contributed by atoms with Crippen LogP contribution in [-0.4, -0.2) is 27.6 Å². The minimum Gasteiger partial charge on any atom is -0.497 e. The summed E-state index contributed by atoms with van der Waals surface area (Å²) in [5.41, 5.74) is 0.952. The summed E-state index contributed by atoms with van der Waals surface area (Å²) in [6.45, 7) is 0. The van der Waals surface area contributed by atoms with Crippen LogP contribution in [0, 0.1) is 0 Å². The number of benzene rings is 2. The van der Waals surface area contributed by atoms with Crippen LogP contribution in [0.2, 0.25) is 5.02 Å². The van der Waals surface area contributed by atoms with Gasteiger partial charge >= 0.3 is 0 Å². The van der Waals surface area contributed by atoms with Gasteiger partial charge in [-0.1, -0.05) is 24.4 Å². The molecule has 7 heteroatoms. The maximum atomic E-state index is 12.7. The molecule has 2 N–H and O–H groups in total. The fourth-order valence-corrected chi connectivity index (χ4v) is 4.66. The van der Waals surface area contributed by atoms with Crippen LogP contribution in [0.25, 0.3) is 0 Å². The number of hydrogen-bond acceptors (Lipinski definition) is 4. The smallest absolute Gasteiger partial charge is 0.240 e. The van der Waals surface area contributed by atoms with Crippen LogP contribution in [0.3, 0.4) is 0 Å². The highest BCUT2D eigenvalue weighted by molar-refractivity contribution is 7.89. The van der Waals surface area contributed by atoms with E-state index in [1.807, 2.05) is 24.3 Å². The van der Waals surface area contributed by atoms with Crippen molar-refractivity contribution in [3.05, 3.63) is 53.6 Å². The second-order valence-electron chi connectivity index (χ2n) is 6.45. The van der Waals surface area contributed by atoms with Crippen LogP contribution >= 0.6 is 11.6 Å². The number of methoxy groups -OCH3 is 1. The van der Waals surface area contributed by atoms with Gasteiger partial charge in [-0.25, -0.2) is 13.1 Å². The van der Waals surface area contributed by atoms with Crippen molar-refractivity contribution < 1.29 is 13.2 Å². The summed E-state index contributed by atoms with van der Waals surface area (Å²) in [5, 5.41) is 3.98. The minimum atomic E-state index is -3.58. The van der Waals surface area contributed by atoms with Gasteiger partial charge in [0, 0.05) is 22.8 Å². The van der Waals surface area contributed by atoms with Crippen molar-refractivity contribution in [3.63, 3.8) is 0 Å². The average molecular weight is 395 g/mol. The molecule has 0 unspecified atom stereocenters. The predicted octanol–water partition coefficient (Wildman–Crippen LogP) is 4.05. The Morgan fingerprint density at radius 1 is 0.962 bits per heavy atom.